The largest absolute Gasteiger partial charge is 0.381 e. The molecule has 1 aliphatic heterocycles. The van der Waals surface area contributed by atoms with Gasteiger partial charge in [0, 0.05) is 24.2 Å². The third-order valence-corrected chi connectivity index (χ3v) is 4.06. The second kappa shape index (κ2) is 5.00. The number of primary amides is 1. The predicted octanol–water partition coefficient (Wildman–Crippen LogP) is 0.101. The van der Waals surface area contributed by atoms with Gasteiger partial charge in [0.2, 0.25) is 5.91 Å². The molecule has 1 unspecified atom stereocenters. The Morgan fingerprint density at radius 1 is 1.57 bits per heavy atom. The molecule has 0 saturated carbocycles. The van der Waals surface area contributed by atoms with Crippen molar-refractivity contribution in [3.8, 4) is 0 Å². The van der Waals surface area contributed by atoms with Crippen LogP contribution in [-0.2, 0) is 9.53 Å². The van der Waals surface area contributed by atoms with Crippen molar-refractivity contribution in [1.29, 1.82) is 0 Å². The fourth-order valence-corrected chi connectivity index (χ4v) is 2.45. The standard InChI is InChI=1S/C9H18N2O2S/c1-9(11,8(10)12)6-14-7-2-4-13-5-3-7/h7H,2-6,11H2,1H3,(H2,10,12). The number of carbonyl (C=O) groups is 1. The van der Waals surface area contributed by atoms with Crippen LogP contribution < -0.4 is 11.5 Å². The van der Waals surface area contributed by atoms with E-state index in [1.807, 2.05) is 0 Å². The first-order valence-corrected chi connectivity index (χ1v) is 5.85. The van der Waals surface area contributed by atoms with Crippen LogP contribution in [-0.4, -0.2) is 35.7 Å². The third kappa shape index (κ3) is 3.48. The van der Waals surface area contributed by atoms with Gasteiger partial charge in [-0.1, -0.05) is 0 Å². The summed E-state index contributed by atoms with van der Waals surface area (Å²) in [5.74, 6) is 0.157. The molecule has 4 N–H and O–H groups in total. The van der Waals surface area contributed by atoms with E-state index in [2.05, 4.69) is 0 Å². The van der Waals surface area contributed by atoms with Crippen LogP contribution in [0.2, 0.25) is 0 Å². The smallest absolute Gasteiger partial charge is 0.238 e. The Labute approximate surface area is 88.7 Å². The van der Waals surface area contributed by atoms with Gasteiger partial charge in [0.15, 0.2) is 0 Å². The van der Waals surface area contributed by atoms with Crippen molar-refractivity contribution in [2.45, 2.75) is 30.6 Å². The van der Waals surface area contributed by atoms with Crippen molar-refractivity contribution in [1.82, 2.24) is 0 Å². The first kappa shape index (κ1) is 11.8. The number of amides is 1. The molecule has 0 aromatic carbocycles. The lowest BCUT2D eigenvalue weighted by Gasteiger charge is -2.26. The summed E-state index contributed by atoms with van der Waals surface area (Å²) < 4.78 is 5.24. The molecule has 1 atom stereocenters. The molecule has 1 heterocycles. The van der Waals surface area contributed by atoms with Crippen molar-refractivity contribution in [2.75, 3.05) is 19.0 Å². The van der Waals surface area contributed by atoms with Gasteiger partial charge in [0.1, 0.15) is 5.54 Å². The molecule has 14 heavy (non-hydrogen) atoms. The van der Waals surface area contributed by atoms with Gasteiger partial charge < -0.3 is 16.2 Å². The third-order valence-electron chi connectivity index (χ3n) is 2.35. The fraction of sp³-hybridized carbons (Fsp3) is 0.889. The second-order valence-electron chi connectivity index (χ2n) is 3.90. The van der Waals surface area contributed by atoms with E-state index in [9.17, 15) is 4.79 Å². The molecule has 0 aliphatic carbocycles. The summed E-state index contributed by atoms with van der Waals surface area (Å²) >= 11 is 1.73. The molecule has 0 aromatic heterocycles. The van der Waals surface area contributed by atoms with Crippen molar-refractivity contribution < 1.29 is 9.53 Å². The average molecular weight is 218 g/mol. The number of hydrogen-bond acceptors (Lipinski definition) is 4. The molecule has 4 nitrogen and oxygen atoms in total. The molecule has 0 radical (unpaired) electrons. The molecular weight excluding hydrogens is 200 g/mol. The van der Waals surface area contributed by atoms with Crippen LogP contribution in [0.4, 0.5) is 0 Å². The maximum atomic E-state index is 11.0. The molecule has 82 valence electrons. The quantitative estimate of drug-likeness (QED) is 0.701. The molecule has 1 saturated heterocycles. The van der Waals surface area contributed by atoms with Crippen LogP contribution in [0.5, 0.6) is 0 Å². The van der Waals surface area contributed by atoms with Crippen LogP contribution >= 0.6 is 11.8 Å². The minimum Gasteiger partial charge on any atom is -0.381 e. The summed E-state index contributed by atoms with van der Waals surface area (Å²) in [5.41, 5.74) is 10.0. The van der Waals surface area contributed by atoms with Gasteiger partial charge in [-0.2, -0.15) is 11.8 Å². The normalized spacial score (nSPS) is 23.0. The van der Waals surface area contributed by atoms with E-state index >= 15 is 0 Å². The molecule has 1 fully saturated rings. The predicted molar refractivity (Wildman–Crippen MR) is 58.1 cm³/mol. The van der Waals surface area contributed by atoms with E-state index in [1.54, 1.807) is 18.7 Å². The van der Waals surface area contributed by atoms with Gasteiger partial charge in [-0.15, -0.1) is 0 Å². The number of thioether (sulfide) groups is 1. The SMILES string of the molecule is CC(N)(CSC1CCOCC1)C(N)=O. The Kier molecular flexibility index (Phi) is 4.22. The lowest BCUT2D eigenvalue weighted by Crippen LogP contribution is -2.51. The minimum absolute atomic E-state index is 0.433. The molecule has 0 spiro atoms. The average Bonchev–Trinajstić information content (AvgIpc) is 2.16. The Balaban J connectivity index is 2.28. The van der Waals surface area contributed by atoms with E-state index in [0.717, 1.165) is 26.1 Å². The molecule has 0 aromatic rings. The maximum Gasteiger partial charge on any atom is 0.238 e. The number of ether oxygens (including phenoxy) is 1. The van der Waals surface area contributed by atoms with E-state index in [0.29, 0.717) is 11.0 Å². The van der Waals surface area contributed by atoms with Gasteiger partial charge in [-0.25, -0.2) is 0 Å². The van der Waals surface area contributed by atoms with Crippen LogP contribution in [0.25, 0.3) is 0 Å². The number of rotatable bonds is 4. The number of carbonyl (C=O) groups excluding carboxylic acids is 1. The topological polar surface area (TPSA) is 78.3 Å². The Morgan fingerprint density at radius 3 is 2.64 bits per heavy atom. The first-order chi connectivity index (χ1) is 6.52. The van der Waals surface area contributed by atoms with Gasteiger partial charge in [-0.05, 0) is 19.8 Å². The van der Waals surface area contributed by atoms with Crippen molar-refractivity contribution >= 4 is 17.7 Å². The number of hydrogen-bond donors (Lipinski definition) is 2. The zero-order valence-corrected chi connectivity index (χ0v) is 9.31. The monoisotopic (exact) mass is 218 g/mol. The van der Waals surface area contributed by atoms with E-state index in [-0.39, 0.29) is 0 Å². The first-order valence-electron chi connectivity index (χ1n) is 4.80. The molecular formula is C9H18N2O2S. The van der Waals surface area contributed by atoms with Crippen LogP contribution in [0.15, 0.2) is 0 Å². The van der Waals surface area contributed by atoms with Crippen LogP contribution in [0.1, 0.15) is 19.8 Å². The number of nitrogens with two attached hydrogens (primary N) is 2. The van der Waals surface area contributed by atoms with E-state index in [1.165, 1.54) is 0 Å². The van der Waals surface area contributed by atoms with Gasteiger partial charge in [-0.3, -0.25) is 4.79 Å². The summed E-state index contributed by atoms with van der Waals surface area (Å²) in [4.78, 5) is 11.0. The van der Waals surface area contributed by atoms with Gasteiger partial charge in [0.05, 0.1) is 0 Å². The maximum absolute atomic E-state index is 11.0. The highest BCUT2D eigenvalue weighted by Crippen LogP contribution is 2.24. The second-order valence-corrected chi connectivity index (χ2v) is 5.19. The van der Waals surface area contributed by atoms with Gasteiger partial charge in [0.25, 0.3) is 0 Å². The molecule has 1 rings (SSSR count). The lowest BCUT2D eigenvalue weighted by atomic mass is 10.1. The van der Waals surface area contributed by atoms with Crippen LogP contribution in [0.3, 0.4) is 0 Å². The van der Waals surface area contributed by atoms with Crippen molar-refractivity contribution in [3.05, 3.63) is 0 Å². The lowest BCUT2D eigenvalue weighted by molar-refractivity contribution is -0.121. The summed E-state index contributed by atoms with van der Waals surface area (Å²) in [6.07, 6.45) is 2.08. The minimum atomic E-state index is -0.886. The van der Waals surface area contributed by atoms with Crippen LogP contribution in [0, 0.1) is 0 Å². The zero-order valence-electron chi connectivity index (χ0n) is 8.49. The Bertz CT molecular complexity index is 203. The highest BCUT2D eigenvalue weighted by Gasteiger charge is 2.27. The summed E-state index contributed by atoms with van der Waals surface area (Å²) in [6.45, 7) is 3.31. The summed E-state index contributed by atoms with van der Waals surface area (Å²) in [7, 11) is 0. The Morgan fingerprint density at radius 2 is 2.14 bits per heavy atom. The zero-order chi connectivity index (χ0) is 10.6. The van der Waals surface area contributed by atoms with E-state index < -0.39 is 11.4 Å². The van der Waals surface area contributed by atoms with Gasteiger partial charge >= 0.3 is 0 Å². The highest BCUT2D eigenvalue weighted by atomic mass is 32.2. The van der Waals surface area contributed by atoms with Crippen molar-refractivity contribution in [2.24, 2.45) is 11.5 Å². The van der Waals surface area contributed by atoms with Crippen molar-refractivity contribution in [3.63, 3.8) is 0 Å². The van der Waals surface area contributed by atoms with E-state index in [4.69, 9.17) is 16.2 Å². The summed E-state index contributed by atoms with van der Waals surface area (Å²) in [6, 6.07) is 0. The molecule has 1 amide bonds. The fourth-order valence-electron chi connectivity index (χ4n) is 1.20. The highest BCUT2D eigenvalue weighted by molar-refractivity contribution is 8.00. The molecule has 5 heteroatoms. The molecule has 0 bridgehead atoms. The summed E-state index contributed by atoms with van der Waals surface area (Å²) in [5, 5.41) is 0.561. The Hall–Kier alpha value is -0.260. The molecule has 1 aliphatic rings.